The molecule has 0 N–H and O–H groups in total. The first-order valence-electron chi connectivity index (χ1n) is 16.3. The molecule has 0 bridgehead atoms. The molecular formula is C35H51N3O3. The van der Waals surface area contributed by atoms with Gasteiger partial charge < -0.3 is 9.42 Å². The van der Waals surface area contributed by atoms with Gasteiger partial charge in [-0.2, -0.15) is 0 Å². The number of carbonyl (C=O) groups is 2. The van der Waals surface area contributed by atoms with Crippen LogP contribution in [0, 0.1) is 39.4 Å². The average Bonchev–Trinajstić information content (AvgIpc) is 3.36. The molecule has 6 heteroatoms. The number of allylic oxidation sites excluding steroid dienone is 2. The number of ketones is 1. The summed E-state index contributed by atoms with van der Waals surface area (Å²) in [5.74, 6) is 2.33. The van der Waals surface area contributed by atoms with Crippen LogP contribution in [0.3, 0.4) is 0 Å². The van der Waals surface area contributed by atoms with Gasteiger partial charge in [0.25, 0.3) is 0 Å². The summed E-state index contributed by atoms with van der Waals surface area (Å²) in [7, 11) is 1.93. The lowest BCUT2D eigenvalue weighted by molar-refractivity contribution is -0.183. The quantitative estimate of drug-likeness (QED) is 0.409. The Morgan fingerprint density at radius 1 is 0.951 bits per heavy atom. The average molecular weight is 562 g/mol. The normalized spacial score (nSPS) is 45.1. The van der Waals surface area contributed by atoms with Crippen molar-refractivity contribution in [3.63, 3.8) is 0 Å². The maximum absolute atomic E-state index is 14.8. The lowest BCUT2D eigenvalue weighted by Gasteiger charge is -2.71. The number of hydrogen-bond donors (Lipinski definition) is 0. The Balaban J connectivity index is 1.35. The molecule has 5 aliphatic carbocycles. The molecule has 7 rings (SSSR count). The van der Waals surface area contributed by atoms with Gasteiger partial charge in [-0.3, -0.25) is 14.5 Å². The van der Waals surface area contributed by atoms with E-state index in [0.29, 0.717) is 18.2 Å². The second-order valence-corrected chi connectivity index (χ2v) is 17.1. The van der Waals surface area contributed by atoms with Crippen molar-refractivity contribution in [2.45, 2.75) is 111 Å². The van der Waals surface area contributed by atoms with E-state index in [1.807, 2.05) is 18.1 Å². The van der Waals surface area contributed by atoms with Crippen molar-refractivity contribution in [2.75, 3.05) is 26.7 Å². The molecular weight excluding hydrogens is 510 g/mol. The van der Waals surface area contributed by atoms with E-state index in [-0.39, 0.29) is 50.4 Å². The minimum atomic E-state index is -0.120. The smallest absolute Gasteiger partial charge is 0.236 e. The molecule has 2 heterocycles. The molecule has 0 aromatic carbocycles. The topological polar surface area (TPSA) is 66.7 Å². The van der Waals surface area contributed by atoms with Gasteiger partial charge in [0.1, 0.15) is 5.76 Å². The molecule has 4 fully saturated rings. The van der Waals surface area contributed by atoms with Crippen molar-refractivity contribution in [3.05, 3.63) is 29.2 Å². The van der Waals surface area contributed by atoms with E-state index in [1.54, 1.807) is 0 Å². The molecule has 1 saturated heterocycles. The van der Waals surface area contributed by atoms with Crippen LogP contribution < -0.4 is 0 Å². The fraction of sp³-hybridized carbons (Fsp3) is 0.800. The predicted molar refractivity (Wildman–Crippen MR) is 159 cm³/mol. The Labute approximate surface area is 246 Å². The molecule has 7 atom stereocenters. The summed E-state index contributed by atoms with van der Waals surface area (Å²) in [6.45, 7) is 19.1. The second kappa shape index (κ2) is 8.36. The van der Waals surface area contributed by atoms with Crippen molar-refractivity contribution < 1.29 is 14.1 Å². The van der Waals surface area contributed by atoms with Crippen LogP contribution in [0.15, 0.2) is 22.4 Å². The van der Waals surface area contributed by atoms with Crippen LogP contribution >= 0.6 is 0 Å². The Morgan fingerprint density at radius 2 is 1.68 bits per heavy atom. The highest BCUT2D eigenvalue weighted by molar-refractivity contribution is 5.95. The van der Waals surface area contributed by atoms with Gasteiger partial charge in [0.05, 0.1) is 12.7 Å². The third kappa shape index (κ3) is 3.43. The molecule has 224 valence electrons. The Morgan fingerprint density at radius 3 is 2.41 bits per heavy atom. The first-order chi connectivity index (χ1) is 19.1. The van der Waals surface area contributed by atoms with E-state index in [2.05, 4.69) is 64.6 Å². The number of aromatic nitrogens is 1. The number of nitrogens with zero attached hydrogens (tertiary/aromatic N) is 3. The van der Waals surface area contributed by atoms with Crippen LogP contribution in [0.1, 0.15) is 105 Å². The molecule has 0 radical (unpaired) electrons. The largest absolute Gasteiger partial charge is 0.361 e. The number of amides is 1. The van der Waals surface area contributed by atoms with Crippen molar-refractivity contribution in [1.29, 1.82) is 0 Å². The second-order valence-electron chi connectivity index (χ2n) is 17.1. The molecule has 1 aromatic heterocycles. The minimum Gasteiger partial charge on any atom is -0.361 e. The number of carbonyl (C=O) groups excluding carboxylic acids is 2. The van der Waals surface area contributed by atoms with Gasteiger partial charge in [-0.15, -0.1) is 0 Å². The highest BCUT2D eigenvalue weighted by Crippen LogP contribution is 2.74. The van der Waals surface area contributed by atoms with E-state index in [1.165, 1.54) is 11.1 Å². The van der Waals surface area contributed by atoms with Crippen LogP contribution in [0.25, 0.3) is 0 Å². The predicted octanol–water partition coefficient (Wildman–Crippen LogP) is 6.20. The zero-order valence-electron chi connectivity index (χ0n) is 26.7. The first kappa shape index (κ1) is 27.9. The Kier molecular flexibility index (Phi) is 5.68. The number of likely N-dealkylation sites (N-methyl/N-ethyl adjacent to an activating group) is 1. The monoisotopic (exact) mass is 561 g/mol. The molecule has 6 nitrogen and oxygen atoms in total. The number of rotatable bonds is 1. The summed E-state index contributed by atoms with van der Waals surface area (Å²) in [6.07, 6.45) is 12.7. The van der Waals surface area contributed by atoms with Crippen molar-refractivity contribution >= 4 is 11.7 Å². The van der Waals surface area contributed by atoms with Gasteiger partial charge in [-0.1, -0.05) is 59.2 Å². The van der Waals surface area contributed by atoms with Crippen molar-refractivity contribution in [1.82, 2.24) is 15.0 Å². The standard InChI is InChI=1S/C35H51N3O3/c1-30(2)11-13-35(38-16-15-37(8)27(40)21-38)14-12-34(7)28(23(35)19-30)24(39)17-26-32(5)18-22-20-36-41-29(22)31(3,4)25(32)9-10-33(26,34)6/h17,20,23,25,28H,9-16,18-19,21H2,1-8H3/t23-,25-,28-,32-,33+,34+,35-/m0/s1. The summed E-state index contributed by atoms with van der Waals surface area (Å²) in [6, 6.07) is 0. The fourth-order valence-electron chi connectivity index (χ4n) is 12.0. The molecule has 6 aliphatic rings. The van der Waals surface area contributed by atoms with E-state index in [9.17, 15) is 9.59 Å². The van der Waals surface area contributed by atoms with Crippen molar-refractivity contribution in [3.8, 4) is 0 Å². The van der Waals surface area contributed by atoms with Crippen LogP contribution in [0.5, 0.6) is 0 Å². The maximum atomic E-state index is 14.8. The highest BCUT2D eigenvalue weighted by Gasteiger charge is 2.70. The van der Waals surface area contributed by atoms with Gasteiger partial charge in [0.15, 0.2) is 5.78 Å². The Hall–Kier alpha value is -1.95. The lowest BCUT2D eigenvalue weighted by Crippen LogP contribution is -2.71. The molecule has 41 heavy (non-hydrogen) atoms. The zero-order valence-corrected chi connectivity index (χ0v) is 26.7. The number of piperazine rings is 1. The zero-order chi connectivity index (χ0) is 29.4. The fourth-order valence-corrected chi connectivity index (χ4v) is 12.0. The van der Waals surface area contributed by atoms with Gasteiger partial charge in [-0.25, -0.2) is 0 Å². The van der Waals surface area contributed by atoms with Crippen LogP contribution in [-0.2, 0) is 21.4 Å². The van der Waals surface area contributed by atoms with E-state index >= 15 is 0 Å². The number of fused-ring (bicyclic) bond motifs is 8. The summed E-state index contributed by atoms with van der Waals surface area (Å²) in [5.41, 5.74) is 2.42. The van der Waals surface area contributed by atoms with Gasteiger partial charge >= 0.3 is 0 Å². The third-order valence-corrected chi connectivity index (χ3v) is 14.4. The van der Waals surface area contributed by atoms with Crippen LogP contribution in [-0.4, -0.2) is 58.9 Å². The lowest BCUT2D eigenvalue weighted by atomic mass is 9.34. The number of hydrogen-bond acceptors (Lipinski definition) is 5. The molecule has 0 unspecified atom stereocenters. The van der Waals surface area contributed by atoms with Gasteiger partial charge in [0.2, 0.25) is 5.91 Å². The SMILES string of the molecule is CN1CCN([C@]23CCC(C)(C)C[C@H]2[C@H]2C(=O)C=C4[C@@]5(C)Cc6cnoc6C(C)(C)[C@@H]5CC[C@@]4(C)[C@]2(C)CC3)CC1=O. The maximum Gasteiger partial charge on any atom is 0.236 e. The molecule has 1 aliphatic heterocycles. The van der Waals surface area contributed by atoms with E-state index < -0.39 is 0 Å². The molecule has 3 saturated carbocycles. The summed E-state index contributed by atoms with van der Waals surface area (Å²) < 4.78 is 5.85. The Bertz CT molecular complexity index is 1340. The van der Waals surface area contributed by atoms with Crippen LogP contribution in [0.4, 0.5) is 0 Å². The molecule has 0 spiro atoms. The summed E-state index contributed by atoms with van der Waals surface area (Å²) in [4.78, 5) is 32.2. The summed E-state index contributed by atoms with van der Waals surface area (Å²) in [5, 5.41) is 4.23. The van der Waals surface area contributed by atoms with E-state index in [4.69, 9.17) is 4.52 Å². The summed E-state index contributed by atoms with van der Waals surface area (Å²) >= 11 is 0. The van der Waals surface area contributed by atoms with E-state index in [0.717, 1.165) is 70.2 Å². The minimum absolute atomic E-state index is 0.00207. The van der Waals surface area contributed by atoms with Gasteiger partial charge in [0, 0.05) is 42.6 Å². The molecule has 1 aromatic rings. The first-order valence-corrected chi connectivity index (χ1v) is 16.3. The van der Waals surface area contributed by atoms with Gasteiger partial charge in [-0.05, 0) is 90.9 Å². The third-order valence-electron chi connectivity index (χ3n) is 14.4. The van der Waals surface area contributed by atoms with Crippen LogP contribution in [0.2, 0.25) is 0 Å². The van der Waals surface area contributed by atoms with Crippen molar-refractivity contribution in [2.24, 2.45) is 39.4 Å². The highest BCUT2D eigenvalue weighted by atomic mass is 16.5. The molecule has 1 amide bonds.